The van der Waals surface area contributed by atoms with E-state index in [1.54, 1.807) is 11.8 Å². The zero-order valence-corrected chi connectivity index (χ0v) is 12.5. The molecule has 1 aliphatic rings. The lowest BCUT2D eigenvalue weighted by Gasteiger charge is -2.34. The average molecular weight is 289 g/mol. The summed E-state index contributed by atoms with van der Waals surface area (Å²) in [6.45, 7) is 4.08. The highest BCUT2D eigenvalue weighted by molar-refractivity contribution is 5.77. The second kappa shape index (κ2) is 7.22. The van der Waals surface area contributed by atoms with Gasteiger partial charge in [-0.3, -0.25) is 9.59 Å². The van der Waals surface area contributed by atoms with Crippen LogP contribution in [0, 0.1) is 0 Å². The maximum absolute atomic E-state index is 12.2. The first kappa shape index (κ1) is 15.5. The van der Waals surface area contributed by atoms with Gasteiger partial charge in [0.1, 0.15) is 0 Å². The maximum Gasteiger partial charge on any atom is 0.222 e. The van der Waals surface area contributed by atoms with Crippen molar-refractivity contribution in [3.8, 4) is 0 Å². The standard InChI is InChI=1S/C16H23N3O2/c1-13(20)18-9-11-19(12-10-18)16(21)8-7-15(17)14-5-3-2-4-6-14/h2-6,15H,7-12,17H2,1H3. The Morgan fingerprint density at radius 2 is 1.67 bits per heavy atom. The first-order valence-corrected chi connectivity index (χ1v) is 7.41. The number of rotatable bonds is 4. The Balaban J connectivity index is 1.76. The van der Waals surface area contributed by atoms with Crippen molar-refractivity contribution in [3.63, 3.8) is 0 Å². The van der Waals surface area contributed by atoms with Gasteiger partial charge in [-0.25, -0.2) is 0 Å². The SMILES string of the molecule is CC(=O)N1CCN(C(=O)CCC(N)c2ccccc2)CC1. The van der Waals surface area contributed by atoms with E-state index in [1.165, 1.54) is 0 Å². The zero-order chi connectivity index (χ0) is 15.2. The molecule has 1 unspecified atom stereocenters. The number of nitrogens with zero attached hydrogens (tertiary/aromatic N) is 2. The second-order valence-electron chi connectivity index (χ2n) is 5.44. The number of amides is 2. The molecule has 1 atom stereocenters. The minimum absolute atomic E-state index is 0.0770. The van der Waals surface area contributed by atoms with Crippen LogP contribution in [0.5, 0.6) is 0 Å². The summed E-state index contributed by atoms with van der Waals surface area (Å²) >= 11 is 0. The number of carbonyl (C=O) groups is 2. The molecule has 114 valence electrons. The lowest BCUT2D eigenvalue weighted by Crippen LogP contribution is -2.50. The third-order valence-electron chi connectivity index (χ3n) is 3.97. The van der Waals surface area contributed by atoms with E-state index in [9.17, 15) is 9.59 Å². The fourth-order valence-corrected chi connectivity index (χ4v) is 2.57. The maximum atomic E-state index is 12.2. The summed E-state index contributed by atoms with van der Waals surface area (Å²) in [6, 6.07) is 9.74. The van der Waals surface area contributed by atoms with Gasteiger partial charge in [-0.1, -0.05) is 30.3 Å². The van der Waals surface area contributed by atoms with E-state index in [0.717, 1.165) is 5.56 Å². The van der Waals surface area contributed by atoms with Gasteiger partial charge >= 0.3 is 0 Å². The first-order valence-electron chi connectivity index (χ1n) is 7.41. The molecule has 21 heavy (non-hydrogen) atoms. The number of carbonyl (C=O) groups excluding carboxylic acids is 2. The van der Waals surface area contributed by atoms with Gasteiger partial charge in [0.05, 0.1) is 0 Å². The van der Waals surface area contributed by atoms with Gasteiger partial charge < -0.3 is 15.5 Å². The monoisotopic (exact) mass is 289 g/mol. The van der Waals surface area contributed by atoms with Crippen molar-refractivity contribution in [2.24, 2.45) is 5.73 Å². The molecule has 1 fully saturated rings. The Hall–Kier alpha value is -1.88. The molecule has 5 nitrogen and oxygen atoms in total. The lowest BCUT2D eigenvalue weighted by molar-refractivity contribution is -0.138. The first-order chi connectivity index (χ1) is 10.1. The number of hydrogen-bond donors (Lipinski definition) is 1. The molecule has 5 heteroatoms. The summed E-state index contributed by atoms with van der Waals surface area (Å²) < 4.78 is 0. The summed E-state index contributed by atoms with van der Waals surface area (Å²) in [5.41, 5.74) is 7.17. The van der Waals surface area contributed by atoms with Crippen LogP contribution in [-0.4, -0.2) is 47.8 Å². The largest absolute Gasteiger partial charge is 0.339 e. The molecule has 1 aromatic rings. The van der Waals surface area contributed by atoms with E-state index in [2.05, 4.69) is 0 Å². The molecule has 0 radical (unpaired) electrons. The van der Waals surface area contributed by atoms with Gasteiger partial charge in [-0.2, -0.15) is 0 Å². The van der Waals surface area contributed by atoms with Crippen LogP contribution in [-0.2, 0) is 9.59 Å². The molecule has 2 rings (SSSR count). The molecular weight excluding hydrogens is 266 g/mol. The number of nitrogens with two attached hydrogens (primary N) is 1. The van der Waals surface area contributed by atoms with Gasteiger partial charge in [0.25, 0.3) is 0 Å². The molecule has 1 saturated heterocycles. The number of piperazine rings is 1. The predicted molar refractivity (Wildman–Crippen MR) is 81.4 cm³/mol. The van der Waals surface area contributed by atoms with Gasteiger partial charge in [-0.05, 0) is 12.0 Å². The molecule has 2 amide bonds. The third kappa shape index (κ3) is 4.29. The molecule has 0 aromatic heterocycles. The van der Waals surface area contributed by atoms with E-state index >= 15 is 0 Å². The van der Waals surface area contributed by atoms with Crippen LogP contribution in [0.25, 0.3) is 0 Å². The van der Waals surface area contributed by atoms with Crippen molar-refractivity contribution in [1.29, 1.82) is 0 Å². The number of benzene rings is 1. The van der Waals surface area contributed by atoms with E-state index in [4.69, 9.17) is 5.73 Å². The fourth-order valence-electron chi connectivity index (χ4n) is 2.57. The molecule has 0 spiro atoms. The van der Waals surface area contributed by atoms with E-state index in [0.29, 0.717) is 39.0 Å². The van der Waals surface area contributed by atoms with E-state index in [-0.39, 0.29) is 17.9 Å². The van der Waals surface area contributed by atoms with Crippen molar-refractivity contribution in [2.75, 3.05) is 26.2 Å². The Morgan fingerprint density at radius 1 is 1.10 bits per heavy atom. The predicted octanol–water partition coefficient (Wildman–Crippen LogP) is 1.16. The molecule has 1 aliphatic heterocycles. The van der Waals surface area contributed by atoms with Crippen molar-refractivity contribution in [2.45, 2.75) is 25.8 Å². The average Bonchev–Trinajstić information content (AvgIpc) is 2.53. The van der Waals surface area contributed by atoms with Crippen LogP contribution in [0.15, 0.2) is 30.3 Å². The smallest absolute Gasteiger partial charge is 0.222 e. The minimum atomic E-state index is -0.103. The Labute approximate surface area is 125 Å². The molecule has 1 aromatic carbocycles. The summed E-state index contributed by atoms with van der Waals surface area (Å²) in [4.78, 5) is 27.0. The van der Waals surface area contributed by atoms with Crippen molar-refractivity contribution in [1.82, 2.24) is 9.80 Å². The van der Waals surface area contributed by atoms with Crippen LogP contribution in [0.4, 0.5) is 0 Å². The second-order valence-corrected chi connectivity index (χ2v) is 5.44. The molecule has 2 N–H and O–H groups in total. The van der Waals surface area contributed by atoms with E-state index < -0.39 is 0 Å². The topological polar surface area (TPSA) is 66.6 Å². The summed E-state index contributed by atoms with van der Waals surface area (Å²) in [7, 11) is 0. The summed E-state index contributed by atoms with van der Waals surface area (Å²) in [5, 5.41) is 0. The Bertz CT molecular complexity index is 482. The molecule has 0 saturated carbocycles. The third-order valence-corrected chi connectivity index (χ3v) is 3.97. The van der Waals surface area contributed by atoms with Gasteiger partial charge in [-0.15, -0.1) is 0 Å². The normalized spacial score (nSPS) is 16.7. The van der Waals surface area contributed by atoms with Crippen molar-refractivity contribution in [3.05, 3.63) is 35.9 Å². The Kier molecular flexibility index (Phi) is 5.33. The van der Waals surface area contributed by atoms with Crippen molar-refractivity contribution >= 4 is 11.8 Å². The van der Waals surface area contributed by atoms with Crippen molar-refractivity contribution < 1.29 is 9.59 Å². The lowest BCUT2D eigenvalue weighted by atomic mass is 10.0. The van der Waals surface area contributed by atoms with Crippen LogP contribution < -0.4 is 5.73 Å². The summed E-state index contributed by atoms with van der Waals surface area (Å²) in [6.07, 6.45) is 1.10. The fraction of sp³-hybridized carbons (Fsp3) is 0.500. The highest BCUT2D eigenvalue weighted by Crippen LogP contribution is 2.16. The Morgan fingerprint density at radius 3 is 2.24 bits per heavy atom. The van der Waals surface area contributed by atoms with Gasteiger partial charge in [0, 0.05) is 45.6 Å². The van der Waals surface area contributed by atoms with Crippen LogP contribution in [0.2, 0.25) is 0 Å². The molecule has 1 heterocycles. The quantitative estimate of drug-likeness (QED) is 0.904. The van der Waals surface area contributed by atoms with E-state index in [1.807, 2.05) is 35.2 Å². The highest BCUT2D eigenvalue weighted by atomic mass is 16.2. The summed E-state index contributed by atoms with van der Waals surface area (Å²) in [5.74, 6) is 0.206. The van der Waals surface area contributed by atoms with Gasteiger partial charge in [0.2, 0.25) is 11.8 Å². The number of hydrogen-bond acceptors (Lipinski definition) is 3. The molecular formula is C16H23N3O2. The van der Waals surface area contributed by atoms with Crippen LogP contribution in [0.3, 0.4) is 0 Å². The van der Waals surface area contributed by atoms with Gasteiger partial charge in [0.15, 0.2) is 0 Å². The minimum Gasteiger partial charge on any atom is -0.339 e. The molecule has 0 aliphatic carbocycles. The highest BCUT2D eigenvalue weighted by Gasteiger charge is 2.22. The van der Waals surface area contributed by atoms with Crippen LogP contribution in [0.1, 0.15) is 31.4 Å². The zero-order valence-electron chi connectivity index (χ0n) is 12.5. The van der Waals surface area contributed by atoms with Crippen LogP contribution >= 0.6 is 0 Å². The molecule has 0 bridgehead atoms.